The molecule has 2 N–H and O–H groups in total. The second-order valence-electron chi connectivity index (χ2n) is 7.97. The second kappa shape index (κ2) is 10.3. The fourth-order valence-electron chi connectivity index (χ4n) is 3.67. The van der Waals surface area contributed by atoms with Gasteiger partial charge >= 0.3 is 0 Å². The Labute approximate surface area is 187 Å². The van der Waals surface area contributed by atoms with Crippen molar-refractivity contribution in [2.24, 2.45) is 5.92 Å². The van der Waals surface area contributed by atoms with Gasteiger partial charge in [-0.15, -0.1) is 0 Å². The molecule has 2 amide bonds. The Kier molecular flexibility index (Phi) is 7.75. The summed E-state index contributed by atoms with van der Waals surface area (Å²) in [7, 11) is 0. The van der Waals surface area contributed by atoms with E-state index in [1.54, 1.807) is 24.3 Å². The van der Waals surface area contributed by atoms with Crippen LogP contribution in [0.3, 0.4) is 0 Å². The zero-order chi connectivity index (χ0) is 21.7. The highest BCUT2D eigenvalue weighted by atomic mass is 35.5. The zero-order valence-electron chi connectivity index (χ0n) is 17.3. The first kappa shape index (κ1) is 22.6. The number of benzene rings is 2. The number of likely N-dealkylation sites (tertiary alicyclic amines) is 1. The van der Waals surface area contributed by atoms with Crippen LogP contribution in [0, 0.1) is 5.92 Å². The van der Waals surface area contributed by atoms with Crippen molar-refractivity contribution < 1.29 is 9.59 Å². The molecule has 0 spiro atoms. The molecule has 0 radical (unpaired) electrons. The molecule has 1 heterocycles. The van der Waals surface area contributed by atoms with E-state index in [4.69, 9.17) is 23.2 Å². The van der Waals surface area contributed by atoms with E-state index >= 15 is 0 Å². The van der Waals surface area contributed by atoms with Crippen molar-refractivity contribution in [3.05, 3.63) is 63.6 Å². The van der Waals surface area contributed by atoms with E-state index in [0.29, 0.717) is 34.4 Å². The van der Waals surface area contributed by atoms with Gasteiger partial charge in [0.1, 0.15) is 0 Å². The van der Waals surface area contributed by atoms with Crippen molar-refractivity contribution in [1.29, 1.82) is 0 Å². The third kappa shape index (κ3) is 5.97. The van der Waals surface area contributed by atoms with Gasteiger partial charge in [0, 0.05) is 29.2 Å². The van der Waals surface area contributed by atoms with Gasteiger partial charge in [-0.1, -0.05) is 41.4 Å². The number of hydrogen-bond donors (Lipinski definition) is 2. The third-order valence-electron chi connectivity index (χ3n) is 5.13. The zero-order valence-corrected chi connectivity index (χ0v) is 18.8. The van der Waals surface area contributed by atoms with E-state index in [0.717, 1.165) is 24.9 Å². The molecule has 1 saturated heterocycles. The number of amides is 2. The Bertz CT molecular complexity index is 917. The van der Waals surface area contributed by atoms with Crippen LogP contribution < -0.4 is 10.6 Å². The number of para-hydroxylation sites is 1. The lowest BCUT2D eigenvalue weighted by Gasteiger charge is -2.32. The number of carbonyl (C=O) groups excluding carboxylic acids is 2. The average Bonchev–Trinajstić information content (AvgIpc) is 2.70. The Morgan fingerprint density at radius 3 is 2.67 bits per heavy atom. The molecule has 2 aromatic rings. The molecule has 1 unspecified atom stereocenters. The monoisotopic (exact) mass is 447 g/mol. The summed E-state index contributed by atoms with van der Waals surface area (Å²) >= 11 is 12.3. The highest BCUT2D eigenvalue weighted by molar-refractivity contribution is 6.35. The first-order valence-electron chi connectivity index (χ1n) is 10.2. The molecule has 1 aliphatic heterocycles. The fourth-order valence-corrected chi connectivity index (χ4v) is 4.14. The van der Waals surface area contributed by atoms with E-state index in [1.165, 1.54) is 0 Å². The summed E-state index contributed by atoms with van der Waals surface area (Å²) < 4.78 is 0. The second-order valence-corrected chi connectivity index (χ2v) is 8.82. The van der Waals surface area contributed by atoms with Crippen molar-refractivity contribution >= 4 is 40.7 Å². The molecule has 0 aromatic heterocycles. The number of anilines is 1. The van der Waals surface area contributed by atoms with Gasteiger partial charge in [0.2, 0.25) is 5.91 Å². The van der Waals surface area contributed by atoms with E-state index in [-0.39, 0.29) is 23.8 Å². The van der Waals surface area contributed by atoms with Crippen LogP contribution in [0.1, 0.15) is 42.6 Å². The number of rotatable bonds is 6. The molecule has 7 heteroatoms. The number of halogens is 2. The molecule has 1 fully saturated rings. The molecule has 1 atom stereocenters. The molecular weight excluding hydrogens is 421 g/mol. The van der Waals surface area contributed by atoms with E-state index in [1.807, 2.05) is 32.0 Å². The minimum Gasteiger partial charge on any atom is -0.350 e. The first-order valence-corrected chi connectivity index (χ1v) is 11.0. The highest BCUT2D eigenvalue weighted by Gasteiger charge is 2.27. The lowest BCUT2D eigenvalue weighted by atomic mass is 9.96. The number of carbonyl (C=O) groups is 2. The summed E-state index contributed by atoms with van der Waals surface area (Å²) in [5.74, 6) is -0.402. The van der Waals surface area contributed by atoms with Gasteiger partial charge in [0.15, 0.2) is 0 Å². The van der Waals surface area contributed by atoms with Crippen LogP contribution in [0.5, 0.6) is 0 Å². The number of piperidine rings is 1. The molecular formula is C23H27Cl2N3O2. The molecule has 2 aromatic carbocycles. The maximum absolute atomic E-state index is 13.0. The van der Waals surface area contributed by atoms with Crippen molar-refractivity contribution in [3.8, 4) is 0 Å². The Morgan fingerprint density at radius 2 is 1.93 bits per heavy atom. The van der Waals surface area contributed by atoms with E-state index in [9.17, 15) is 9.59 Å². The normalized spacial score (nSPS) is 17.0. The number of nitrogens with one attached hydrogen (secondary N) is 2. The quantitative estimate of drug-likeness (QED) is 0.655. The molecule has 5 nitrogen and oxygen atoms in total. The summed E-state index contributed by atoms with van der Waals surface area (Å²) in [5.41, 5.74) is 2.01. The Morgan fingerprint density at radius 1 is 1.17 bits per heavy atom. The average molecular weight is 448 g/mol. The van der Waals surface area contributed by atoms with Crippen LogP contribution in [-0.2, 0) is 11.3 Å². The molecule has 0 aliphatic carbocycles. The maximum atomic E-state index is 13.0. The molecule has 1 aliphatic rings. The van der Waals surface area contributed by atoms with Crippen LogP contribution in [0.4, 0.5) is 5.69 Å². The molecule has 3 rings (SSSR count). The standard InChI is InChI=1S/C23H27Cl2N3O2/c1-15(2)26-23(30)19-7-3-4-8-21(19)27-22(29)17-6-5-11-28(14-17)13-16-9-10-18(24)12-20(16)25/h3-4,7-10,12,15,17H,5-6,11,13-14H2,1-2H3,(H,26,30)(H,27,29). The van der Waals surface area contributed by atoms with Gasteiger partial charge in [0.25, 0.3) is 5.91 Å². The van der Waals surface area contributed by atoms with Crippen LogP contribution in [-0.4, -0.2) is 35.8 Å². The van der Waals surface area contributed by atoms with Crippen molar-refractivity contribution in [2.45, 2.75) is 39.3 Å². The van der Waals surface area contributed by atoms with Gasteiger partial charge in [-0.25, -0.2) is 0 Å². The Hall–Kier alpha value is -2.08. The summed E-state index contributed by atoms with van der Waals surface area (Å²) in [6.07, 6.45) is 1.75. The highest BCUT2D eigenvalue weighted by Crippen LogP contribution is 2.26. The van der Waals surface area contributed by atoms with Gasteiger partial charge in [-0.3, -0.25) is 14.5 Å². The largest absolute Gasteiger partial charge is 0.350 e. The fraction of sp³-hybridized carbons (Fsp3) is 0.391. The lowest BCUT2D eigenvalue weighted by molar-refractivity contribution is -0.121. The molecule has 30 heavy (non-hydrogen) atoms. The van der Waals surface area contributed by atoms with Crippen LogP contribution in [0.15, 0.2) is 42.5 Å². The summed E-state index contributed by atoms with van der Waals surface area (Å²) in [6.45, 7) is 6.04. The van der Waals surface area contributed by atoms with Gasteiger partial charge in [-0.2, -0.15) is 0 Å². The third-order valence-corrected chi connectivity index (χ3v) is 5.72. The van der Waals surface area contributed by atoms with Crippen LogP contribution >= 0.6 is 23.2 Å². The number of hydrogen-bond acceptors (Lipinski definition) is 3. The van der Waals surface area contributed by atoms with Gasteiger partial charge in [-0.05, 0) is 63.1 Å². The molecule has 0 bridgehead atoms. The molecule has 0 saturated carbocycles. The van der Waals surface area contributed by atoms with E-state index < -0.39 is 0 Å². The van der Waals surface area contributed by atoms with E-state index in [2.05, 4.69) is 15.5 Å². The van der Waals surface area contributed by atoms with Crippen molar-refractivity contribution in [1.82, 2.24) is 10.2 Å². The molecule has 160 valence electrons. The summed E-state index contributed by atoms with van der Waals surface area (Å²) in [4.78, 5) is 27.6. The SMILES string of the molecule is CC(C)NC(=O)c1ccccc1NC(=O)C1CCCN(Cc2ccc(Cl)cc2Cl)C1. The number of nitrogens with zero attached hydrogens (tertiary/aromatic N) is 1. The minimum atomic E-state index is -0.191. The van der Waals surface area contributed by atoms with Crippen LogP contribution in [0.25, 0.3) is 0 Å². The smallest absolute Gasteiger partial charge is 0.253 e. The predicted octanol–water partition coefficient (Wildman–Crippen LogP) is 4.98. The maximum Gasteiger partial charge on any atom is 0.253 e. The topological polar surface area (TPSA) is 61.4 Å². The predicted molar refractivity (Wildman–Crippen MR) is 122 cm³/mol. The minimum absolute atomic E-state index is 0.0212. The Balaban J connectivity index is 1.65. The lowest BCUT2D eigenvalue weighted by Crippen LogP contribution is -2.40. The van der Waals surface area contributed by atoms with Crippen molar-refractivity contribution in [2.75, 3.05) is 18.4 Å². The van der Waals surface area contributed by atoms with Crippen molar-refractivity contribution in [3.63, 3.8) is 0 Å². The van der Waals surface area contributed by atoms with Gasteiger partial charge in [0.05, 0.1) is 17.2 Å². The van der Waals surface area contributed by atoms with Gasteiger partial charge < -0.3 is 10.6 Å². The summed E-state index contributed by atoms with van der Waals surface area (Å²) in [5, 5.41) is 7.09. The van der Waals surface area contributed by atoms with Crippen LogP contribution in [0.2, 0.25) is 10.0 Å². The first-order chi connectivity index (χ1) is 14.3. The summed E-state index contributed by atoms with van der Waals surface area (Å²) in [6, 6.07) is 12.6.